The van der Waals surface area contributed by atoms with Crippen molar-refractivity contribution in [2.24, 2.45) is 16.1 Å². The number of nitrogen functional groups attached to an aromatic ring is 1. The molecule has 0 radical (unpaired) electrons. The summed E-state index contributed by atoms with van der Waals surface area (Å²) in [6.07, 6.45) is 3.44. The number of carbonyl (C=O) groups is 1. The minimum Gasteiger partial charge on any atom is -0.383 e. The second-order valence-electron chi connectivity index (χ2n) is 9.53. The van der Waals surface area contributed by atoms with E-state index in [0.717, 1.165) is 5.70 Å². The summed E-state index contributed by atoms with van der Waals surface area (Å²) in [4.78, 5) is 37.6. The van der Waals surface area contributed by atoms with Crippen molar-refractivity contribution in [1.29, 1.82) is 0 Å². The number of β-lactam (4-membered cyclic amide) rings is 1. The Balaban J connectivity index is 1.57. The molecule has 4 heterocycles. The second kappa shape index (κ2) is 9.83. The van der Waals surface area contributed by atoms with Gasteiger partial charge in [-0.2, -0.15) is 4.98 Å². The van der Waals surface area contributed by atoms with Gasteiger partial charge in [-0.1, -0.05) is 44.8 Å². The van der Waals surface area contributed by atoms with Crippen molar-refractivity contribution in [2.45, 2.75) is 36.0 Å². The number of fused-ring (bicyclic) bond motifs is 1. The number of nitrogens with zero attached hydrogens (tertiary/aromatic N) is 5. The van der Waals surface area contributed by atoms with Crippen LogP contribution in [0.2, 0.25) is 0 Å². The molecule has 2 fully saturated rings. The molecular weight excluding hydrogens is 496 g/mol. The Morgan fingerprint density at radius 3 is 2.72 bits per heavy atom. The quantitative estimate of drug-likeness (QED) is 0.247. The molecule has 0 saturated carbocycles. The topological polar surface area (TPSA) is 135 Å². The van der Waals surface area contributed by atoms with E-state index < -0.39 is 11.1 Å². The van der Waals surface area contributed by atoms with E-state index in [-0.39, 0.29) is 33.9 Å². The summed E-state index contributed by atoms with van der Waals surface area (Å²) in [7, 11) is 1.89. The zero-order chi connectivity index (χ0) is 26.4. The summed E-state index contributed by atoms with van der Waals surface area (Å²) in [5.74, 6) is 0.194. The van der Waals surface area contributed by atoms with Gasteiger partial charge in [0.05, 0.1) is 17.9 Å². The van der Waals surface area contributed by atoms with E-state index >= 15 is 0 Å². The predicted molar refractivity (Wildman–Crippen MR) is 149 cm³/mol. The molecule has 3 aliphatic rings. The van der Waals surface area contributed by atoms with Crippen molar-refractivity contribution < 1.29 is 4.79 Å². The van der Waals surface area contributed by atoms with Crippen LogP contribution in [0.4, 0.5) is 5.82 Å². The van der Waals surface area contributed by atoms with Crippen molar-refractivity contribution in [2.75, 3.05) is 25.9 Å². The first kappa shape index (κ1) is 26.1. The summed E-state index contributed by atoms with van der Waals surface area (Å²) in [5, 5.41) is 5.52. The highest BCUT2D eigenvalue weighted by molar-refractivity contribution is 8.02. The van der Waals surface area contributed by atoms with E-state index in [9.17, 15) is 9.59 Å². The molecule has 0 spiro atoms. The largest absolute Gasteiger partial charge is 0.383 e. The van der Waals surface area contributed by atoms with Crippen molar-refractivity contribution in [3.63, 3.8) is 0 Å². The van der Waals surface area contributed by atoms with E-state index in [1.807, 2.05) is 42.2 Å². The Bertz CT molecular complexity index is 1240. The zero-order valence-electron chi connectivity index (χ0n) is 20.7. The summed E-state index contributed by atoms with van der Waals surface area (Å²) in [5.41, 5.74) is 12.9. The number of hydrogen-bond acceptors (Lipinski definition) is 10. The van der Waals surface area contributed by atoms with E-state index in [1.165, 1.54) is 16.3 Å². The number of anilines is 1. The highest BCUT2D eigenvalue weighted by Gasteiger charge is 2.53. The molecule has 0 aromatic carbocycles. The third kappa shape index (κ3) is 4.72. The Morgan fingerprint density at radius 2 is 2.11 bits per heavy atom. The van der Waals surface area contributed by atoms with Gasteiger partial charge < -0.3 is 26.6 Å². The zero-order valence-corrected chi connectivity index (χ0v) is 22.3. The number of aliphatic imine (C=N–C) groups is 1. The molecule has 4 atom stereocenters. The van der Waals surface area contributed by atoms with Crippen LogP contribution in [0.5, 0.6) is 0 Å². The fourth-order valence-electron chi connectivity index (χ4n) is 4.12. The number of hydrogen-bond donors (Lipinski definition) is 3. The summed E-state index contributed by atoms with van der Waals surface area (Å²) < 4.78 is 1.38. The summed E-state index contributed by atoms with van der Waals surface area (Å²) >= 11 is 3.19. The van der Waals surface area contributed by atoms with Crippen LogP contribution < -0.4 is 22.5 Å². The molecule has 4 rings (SSSR count). The molecule has 2 saturated heterocycles. The molecule has 1 amide bonds. The number of nitrogens with one attached hydrogen (secondary N) is 1. The van der Waals surface area contributed by atoms with Gasteiger partial charge in [0, 0.05) is 41.6 Å². The maximum absolute atomic E-state index is 12.7. The molecule has 0 aliphatic carbocycles. The van der Waals surface area contributed by atoms with Crippen molar-refractivity contribution in [1.82, 2.24) is 24.7 Å². The van der Waals surface area contributed by atoms with Crippen LogP contribution in [-0.4, -0.2) is 73.3 Å². The van der Waals surface area contributed by atoms with E-state index in [1.54, 1.807) is 24.0 Å². The van der Waals surface area contributed by atoms with Crippen LogP contribution in [-0.2, 0) is 4.79 Å². The Labute approximate surface area is 219 Å². The van der Waals surface area contributed by atoms with Crippen molar-refractivity contribution in [3.8, 4) is 0 Å². The van der Waals surface area contributed by atoms with Crippen molar-refractivity contribution in [3.05, 3.63) is 65.4 Å². The Morgan fingerprint density at radius 1 is 1.39 bits per heavy atom. The minimum absolute atomic E-state index is 0.0338. The fourth-order valence-corrected chi connectivity index (χ4v) is 6.36. The molecule has 1 aromatic rings. The molecular formula is C24H32N8O2S2. The summed E-state index contributed by atoms with van der Waals surface area (Å²) in [6, 6.07) is 1.17. The van der Waals surface area contributed by atoms with Crippen LogP contribution in [0.25, 0.3) is 5.70 Å². The summed E-state index contributed by atoms with van der Waals surface area (Å²) in [6.45, 7) is 17.1. The molecule has 1 aromatic heterocycles. The lowest BCUT2D eigenvalue weighted by molar-refractivity contribution is -0.144. The molecule has 0 bridgehead atoms. The average molecular weight is 529 g/mol. The van der Waals surface area contributed by atoms with Gasteiger partial charge in [-0.15, -0.1) is 18.3 Å². The van der Waals surface area contributed by atoms with E-state index in [0.29, 0.717) is 30.2 Å². The molecule has 36 heavy (non-hydrogen) atoms. The van der Waals surface area contributed by atoms with E-state index in [4.69, 9.17) is 16.5 Å². The lowest BCUT2D eigenvalue weighted by atomic mass is 9.89. The van der Waals surface area contributed by atoms with Crippen LogP contribution in [0.3, 0.4) is 0 Å². The lowest BCUT2D eigenvalue weighted by Crippen LogP contribution is -2.66. The maximum Gasteiger partial charge on any atom is 0.353 e. The van der Waals surface area contributed by atoms with E-state index in [2.05, 4.69) is 30.0 Å². The fraction of sp³-hybridized carbons (Fsp3) is 0.417. The van der Waals surface area contributed by atoms with Crippen LogP contribution in [0, 0.1) is 5.41 Å². The third-order valence-electron chi connectivity index (χ3n) is 6.56. The number of thioether (sulfide) groups is 2. The number of amides is 1. The van der Waals surface area contributed by atoms with Gasteiger partial charge in [0.15, 0.2) is 0 Å². The standard InChI is InChI=1S/C24H32N8O2S2/c1-7-15-10-32-20(33)19(21(32)36-15)28-13(2)18(16-11-35-22(26)30(16)6)27-12-24(4,5)14(3)31-9-8-17(25)29-23(31)34/h7-9,11,15,19,21-22,28H,1-3,10,12,26H2,4-6H3,(H2,25,29,34)/b27-18+/t15-,19+,21?,22?/m0/s1. The number of nitrogens with two attached hydrogens (primary N) is 2. The number of rotatable bonds is 9. The Hall–Kier alpha value is -2.96. The monoisotopic (exact) mass is 528 g/mol. The maximum atomic E-state index is 12.7. The smallest absolute Gasteiger partial charge is 0.353 e. The highest BCUT2D eigenvalue weighted by Crippen LogP contribution is 2.41. The molecule has 2 unspecified atom stereocenters. The second-order valence-corrected chi connectivity index (χ2v) is 11.9. The first-order chi connectivity index (χ1) is 16.9. The van der Waals surface area contributed by atoms with Gasteiger partial charge in [0.1, 0.15) is 28.4 Å². The first-order valence-corrected chi connectivity index (χ1v) is 13.3. The minimum atomic E-state index is -0.609. The van der Waals surface area contributed by atoms with Gasteiger partial charge in [-0.05, 0) is 6.07 Å². The first-order valence-electron chi connectivity index (χ1n) is 11.4. The molecule has 192 valence electrons. The molecule has 5 N–H and O–H groups in total. The van der Waals surface area contributed by atoms with Gasteiger partial charge in [-0.3, -0.25) is 14.4 Å². The average Bonchev–Trinajstić information content (AvgIpc) is 3.38. The highest BCUT2D eigenvalue weighted by atomic mass is 32.2. The third-order valence-corrected chi connectivity index (χ3v) is 9.01. The van der Waals surface area contributed by atoms with Gasteiger partial charge >= 0.3 is 5.69 Å². The predicted octanol–water partition coefficient (Wildman–Crippen LogP) is 1.47. The van der Waals surface area contributed by atoms with Gasteiger partial charge in [-0.25, -0.2) is 4.79 Å². The van der Waals surface area contributed by atoms with Crippen LogP contribution >= 0.6 is 23.5 Å². The Kier molecular flexibility index (Phi) is 7.13. The van der Waals surface area contributed by atoms with Crippen LogP contribution in [0.15, 0.2) is 64.7 Å². The van der Waals surface area contributed by atoms with Gasteiger partial charge in [0.25, 0.3) is 0 Å². The molecule has 12 heteroatoms. The lowest BCUT2D eigenvalue weighted by Gasteiger charge is -2.42. The molecule has 10 nitrogen and oxygen atoms in total. The normalized spacial score (nSPS) is 25.8. The molecule has 3 aliphatic heterocycles. The van der Waals surface area contributed by atoms with Crippen molar-refractivity contribution >= 4 is 46.7 Å². The number of carbonyl (C=O) groups excluding carboxylic acids is 1. The van der Waals surface area contributed by atoms with Crippen LogP contribution in [0.1, 0.15) is 13.8 Å². The number of aromatic nitrogens is 2. The van der Waals surface area contributed by atoms with Gasteiger partial charge in [0.2, 0.25) is 5.91 Å². The SMILES string of the molecule is C=C[C@H]1CN2C(=O)[C@@H](NC(=C)/C(=N\CC(C)(C)C(=C)n3ccc(N)nc3=O)C3=CSC(N)N3C)C2S1.